The lowest BCUT2D eigenvalue weighted by atomic mass is 9.80. The number of hydrogen-bond donors (Lipinski definition) is 2. The summed E-state index contributed by atoms with van der Waals surface area (Å²) in [7, 11) is 1.31. The van der Waals surface area contributed by atoms with Crippen LogP contribution < -0.4 is 11.1 Å². The Balaban J connectivity index is 2.99. The molecule has 0 radical (unpaired) electrons. The number of hydrogen-bond acceptors (Lipinski definition) is 4. The molecule has 5 heteroatoms. The van der Waals surface area contributed by atoms with Gasteiger partial charge in [0.15, 0.2) is 0 Å². The summed E-state index contributed by atoms with van der Waals surface area (Å²) >= 11 is 0. The van der Waals surface area contributed by atoms with Crippen molar-refractivity contribution in [3.05, 3.63) is 35.9 Å². The third-order valence-electron chi connectivity index (χ3n) is 4.20. The molecule has 1 aromatic rings. The Labute approximate surface area is 138 Å². The van der Waals surface area contributed by atoms with Gasteiger partial charge < -0.3 is 15.8 Å². The smallest absolute Gasteiger partial charge is 0.328 e. The Bertz CT molecular complexity index is 528. The fraction of sp³-hybridized carbons (Fsp3) is 0.556. The molecule has 1 aromatic carbocycles. The van der Waals surface area contributed by atoms with Crippen LogP contribution in [0.4, 0.5) is 0 Å². The number of nitrogens with one attached hydrogen (secondary N) is 1. The van der Waals surface area contributed by atoms with Crippen molar-refractivity contribution in [2.24, 2.45) is 17.6 Å². The second-order valence-corrected chi connectivity index (χ2v) is 6.58. The van der Waals surface area contributed by atoms with Crippen molar-refractivity contribution in [2.45, 2.75) is 45.7 Å². The van der Waals surface area contributed by atoms with Gasteiger partial charge >= 0.3 is 5.97 Å². The van der Waals surface area contributed by atoms with Crippen molar-refractivity contribution in [3.63, 3.8) is 0 Å². The molecular formula is C18H28N2O3. The number of carbonyl (C=O) groups is 2. The zero-order valence-corrected chi connectivity index (χ0v) is 14.6. The van der Waals surface area contributed by atoms with Gasteiger partial charge in [0.05, 0.1) is 7.11 Å². The Kier molecular flexibility index (Phi) is 6.76. The lowest BCUT2D eigenvalue weighted by molar-refractivity contribution is -0.147. The SMILES string of the molecule is COC(=O)[C@@H](NC(=O)[C@](N)(Cc1ccccc1)C(C)C)C(C)C. The second-order valence-electron chi connectivity index (χ2n) is 6.58. The summed E-state index contributed by atoms with van der Waals surface area (Å²) in [5, 5.41) is 2.77. The highest BCUT2D eigenvalue weighted by Gasteiger charge is 2.40. The molecule has 23 heavy (non-hydrogen) atoms. The number of esters is 1. The molecule has 1 rings (SSSR count). The molecule has 128 valence electrons. The summed E-state index contributed by atoms with van der Waals surface area (Å²) in [5.41, 5.74) is 6.33. The van der Waals surface area contributed by atoms with Crippen LogP contribution in [0.25, 0.3) is 0 Å². The van der Waals surface area contributed by atoms with E-state index in [4.69, 9.17) is 10.5 Å². The van der Waals surface area contributed by atoms with Crippen molar-refractivity contribution in [1.29, 1.82) is 0 Å². The van der Waals surface area contributed by atoms with E-state index in [2.05, 4.69) is 5.32 Å². The van der Waals surface area contributed by atoms with Crippen LogP contribution in [0, 0.1) is 11.8 Å². The van der Waals surface area contributed by atoms with E-state index < -0.39 is 17.6 Å². The van der Waals surface area contributed by atoms with Crippen LogP contribution in [0.2, 0.25) is 0 Å². The predicted molar refractivity (Wildman–Crippen MR) is 90.7 cm³/mol. The summed E-state index contributed by atoms with van der Waals surface area (Å²) in [4.78, 5) is 24.7. The molecule has 0 aliphatic rings. The Morgan fingerprint density at radius 2 is 1.74 bits per heavy atom. The maximum atomic E-state index is 12.8. The van der Waals surface area contributed by atoms with Gasteiger partial charge in [-0.3, -0.25) is 4.79 Å². The molecule has 0 aromatic heterocycles. The molecule has 0 bridgehead atoms. The van der Waals surface area contributed by atoms with Gasteiger partial charge in [-0.05, 0) is 23.8 Å². The first-order valence-electron chi connectivity index (χ1n) is 7.94. The van der Waals surface area contributed by atoms with Crippen molar-refractivity contribution >= 4 is 11.9 Å². The number of benzene rings is 1. The van der Waals surface area contributed by atoms with Gasteiger partial charge in [-0.2, -0.15) is 0 Å². The van der Waals surface area contributed by atoms with Crippen molar-refractivity contribution in [3.8, 4) is 0 Å². The van der Waals surface area contributed by atoms with Crippen LogP contribution in [0.5, 0.6) is 0 Å². The first-order chi connectivity index (χ1) is 10.7. The van der Waals surface area contributed by atoms with Gasteiger partial charge in [0.2, 0.25) is 5.91 Å². The number of nitrogens with two attached hydrogens (primary N) is 1. The molecule has 0 aliphatic heterocycles. The van der Waals surface area contributed by atoms with Gasteiger partial charge in [-0.25, -0.2) is 4.79 Å². The molecule has 5 nitrogen and oxygen atoms in total. The van der Waals surface area contributed by atoms with Crippen LogP contribution in [0.1, 0.15) is 33.3 Å². The van der Waals surface area contributed by atoms with Gasteiger partial charge in [-0.15, -0.1) is 0 Å². The fourth-order valence-electron chi connectivity index (χ4n) is 2.38. The molecule has 1 amide bonds. The number of methoxy groups -OCH3 is 1. The molecule has 0 saturated carbocycles. The van der Waals surface area contributed by atoms with Crippen molar-refractivity contribution in [1.82, 2.24) is 5.32 Å². The Morgan fingerprint density at radius 3 is 2.17 bits per heavy atom. The van der Waals surface area contributed by atoms with E-state index in [-0.39, 0.29) is 17.7 Å². The molecule has 0 unspecified atom stereocenters. The van der Waals surface area contributed by atoms with Crippen LogP contribution in [-0.4, -0.2) is 30.6 Å². The lowest BCUT2D eigenvalue weighted by Gasteiger charge is -2.34. The number of carbonyl (C=O) groups excluding carboxylic acids is 2. The Hall–Kier alpha value is -1.88. The highest BCUT2D eigenvalue weighted by Crippen LogP contribution is 2.21. The summed E-state index contributed by atoms with van der Waals surface area (Å²) < 4.78 is 4.77. The van der Waals surface area contributed by atoms with E-state index >= 15 is 0 Å². The molecule has 0 spiro atoms. The summed E-state index contributed by atoms with van der Waals surface area (Å²) in [5.74, 6) is -0.965. The van der Waals surface area contributed by atoms with Gasteiger partial charge in [-0.1, -0.05) is 58.0 Å². The number of rotatable bonds is 7. The molecule has 0 saturated heterocycles. The first kappa shape index (κ1) is 19.2. The average Bonchev–Trinajstić information content (AvgIpc) is 2.51. The van der Waals surface area contributed by atoms with Crippen molar-refractivity contribution < 1.29 is 14.3 Å². The zero-order chi connectivity index (χ0) is 17.6. The minimum absolute atomic E-state index is 0.0838. The topological polar surface area (TPSA) is 81.4 Å². The van der Waals surface area contributed by atoms with Crippen LogP contribution in [-0.2, 0) is 20.7 Å². The van der Waals surface area contributed by atoms with Gasteiger partial charge in [0.1, 0.15) is 11.6 Å². The van der Waals surface area contributed by atoms with E-state index in [1.165, 1.54) is 7.11 Å². The van der Waals surface area contributed by atoms with Crippen molar-refractivity contribution in [2.75, 3.05) is 7.11 Å². The molecule has 2 atom stereocenters. The zero-order valence-electron chi connectivity index (χ0n) is 14.6. The average molecular weight is 320 g/mol. The molecular weight excluding hydrogens is 292 g/mol. The quantitative estimate of drug-likeness (QED) is 0.752. The molecule has 0 heterocycles. The lowest BCUT2D eigenvalue weighted by Crippen LogP contribution is -2.62. The predicted octanol–water partition coefficient (Wildman–Crippen LogP) is 1.90. The van der Waals surface area contributed by atoms with Crippen LogP contribution >= 0.6 is 0 Å². The number of amides is 1. The van der Waals surface area contributed by atoms with E-state index in [9.17, 15) is 9.59 Å². The van der Waals surface area contributed by atoms with E-state index in [1.54, 1.807) is 0 Å². The summed E-state index contributed by atoms with van der Waals surface area (Å²) in [6.45, 7) is 7.52. The maximum absolute atomic E-state index is 12.8. The van der Waals surface area contributed by atoms with E-state index in [0.717, 1.165) is 5.56 Å². The molecule has 3 N–H and O–H groups in total. The second kappa shape index (κ2) is 8.11. The van der Waals surface area contributed by atoms with E-state index in [0.29, 0.717) is 6.42 Å². The largest absolute Gasteiger partial charge is 0.467 e. The fourth-order valence-corrected chi connectivity index (χ4v) is 2.38. The third kappa shape index (κ3) is 4.79. The van der Waals surface area contributed by atoms with Crippen LogP contribution in [0.15, 0.2) is 30.3 Å². The third-order valence-corrected chi connectivity index (χ3v) is 4.20. The number of ether oxygens (including phenoxy) is 1. The summed E-state index contributed by atoms with van der Waals surface area (Å²) in [6, 6.07) is 8.93. The molecule has 0 fully saturated rings. The highest BCUT2D eigenvalue weighted by atomic mass is 16.5. The normalized spacial score (nSPS) is 15.1. The minimum atomic E-state index is -1.09. The van der Waals surface area contributed by atoms with E-state index in [1.807, 2.05) is 58.0 Å². The standard InChI is InChI=1S/C18H28N2O3/c1-12(2)15(16(21)23-5)20-17(22)18(19,13(3)4)11-14-9-7-6-8-10-14/h6-10,12-13,15H,11,19H2,1-5H3,(H,20,22)/t15-,18-/m0/s1. The van der Waals surface area contributed by atoms with Gasteiger partial charge in [0, 0.05) is 0 Å². The molecule has 0 aliphatic carbocycles. The monoisotopic (exact) mass is 320 g/mol. The summed E-state index contributed by atoms with van der Waals surface area (Å²) in [6.07, 6.45) is 0.406. The Morgan fingerprint density at radius 1 is 1.17 bits per heavy atom. The van der Waals surface area contributed by atoms with Gasteiger partial charge in [0.25, 0.3) is 0 Å². The van der Waals surface area contributed by atoms with Crippen LogP contribution in [0.3, 0.4) is 0 Å². The maximum Gasteiger partial charge on any atom is 0.328 e. The first-order valence-corrected chi connectivity index (χ1v) is 7.94. The highest BCUT2D eigenvalue weighted by molar-refractivity contribution is 5.91. The minimum Gasteiger partial charge on any atom is -0.467 e.